The lowest BCUT2D eigenvalue weighted by Crippen LogP contribution is -2.46. The average molecular weight is 421 g/mol. The molecule has 2 amide bonds. The van der Waals surface area contributed by atoms with Crippen LogP contribution in [0.1, 0.15) is 48.2 Å². The number of amides is 2. The molecular formula is C23H24N4O2S. The fourth-order valence-electron chi connectivity index (χ4n) is 4.47. The highest BCUT2D eigenvalue weighted by Gasteiger charge is 2.47. The molecule has 1 spiro atoms. The van der Waals surface area contributed by atoms with Crippen LogP contribution in [0.5, 0.6) is 0 Å². The van der Waals surface area contributed by atoms with Gasteiger partial charge in [0.05, 0.1) is 5.41 Å². The van der Waals surface area contributed by atoms with Gasteiger partial charge in [0.25, 0.3) is 0 Å². The van der Waals surface area contributed by atoms with Gasteiger partial charge in [-0.3, -0.25) is 9.59 Å². The van der Waals surface area contributed by atoms with E-state index in [0.717, 1.165) is 67.7 Å². The van der Waals surface area contributed by atoms with Crippen LogP contribution in [0.2, 0.25) is 0 Å². The van der Waals surface area contributed by atoms with Gasteiger partial charge in [-0.15, -0.1) is 11.3 Å². The molecule has 2 aromatic rings. The van der Waals surface area contributed by atoms with Gasteiger partial charge >= 0.3 is 0 Å². The third kappa shape index (κ3) is 3.69. The van der Waals surface area contributed by atoms with Crippen LogP contribution in [0.25, 0.3) is 12.2 Å². The minimum atomic E-state index is -0.232. The highest BCUT2D eigenvalue weighted by Crippen LogP contribution is 2.47. The Bertz CT molecular complexity index is 1030. The molecule has 0 bridgehead atoms. The number of hydrogen-bond donors (Lipinski definition) is 1. The number of rotatable bonds is 3. The van der Waals surface area contributed by atoms with E-state index >= 15 is 0 Å². The number of thiazole rings is 1. The number of aromatic nitrogens is 2. The number of hydrogen-bond acceptors (Lipinski definition) is 5. The van der Waals surface area contributed by atoms with Gasteiger partial charge in [-0.25, -0.2) is 9.97 Å². The minimum absolute atomic E-state index is 0.0322. The number of fused-ring (bicyclic) bond motifs is 1. The van der Waals surface area contributed by atoms with Gasteiger partial charge < -0.3 is 10.2 Å². The molecule has 2 aliphatic heterocycles. The predicted octanol–water partition coefficient (Wildman–Crippen LogP) is 3.92. The Labute approximate surface area is 179 Å². The maximum Gasteiger partial charge on any atom is 0.246 e. The zero-order valence-corrected chi connectivity index (χ0v) is 17.6. The van der Waals surface area contributed by atoms with Gasteiger partial charge in [0.1, 0.15) is 10.8 Å². The lowest BCUT2D eigenvalue weighted by Gasteiger charge is -2.43. The molecular weight excluding hydrogens is 396 g/mol. The molecule has 2 fully saturated rings. The number of pyridine rings is 1. The van der Waals surface area contributed by atoms with Crippen LogP contribution in [0.3, 0.4) is 0 Å². The van der Waals surface area contributed by atoms with E-state index in [-0.39, 0.29) is 17.2 Å². The third-order valence-corrected chi connectivity index (χ3v) is 7.18. The second kappa shape index (κ2) is 7.80. The molecule has 1 N–H and O–H groups in total. The molecule has 1 aliphatic carbocycles. The van der Waals surface area contributed by atoms with Gasteiger partial charge in [0.2, 0.25) is 11.8 Å². The fourth-order valence-corrected chi connectivity index (χ4v) is 5.09. The van der Waals surface area contributed by atoms with Crippen molar-refractivity contribution >= 4 is 41.1 Å². The normalized spacial score (nSPS) is 20.1. The Morgan fingerprint density at radius 3 is 2.77 bits per heavy atom. The largest absolute Gasteiger partial charge is 0.339 e. The Hall–Kier alpha value is -2.80. The molecule has 0 radical (unpaired) electrons. The Balaban J connectivity index is 1.21. The average Bonchev–Trinajstić information content (AvgIpc) is 3.24. The van der Waals surface area contributed by atoms with Crippen molar-refractivity contribution in [2.45, 2.75) is 38.5 Å². The van der Waals surface area contributed by atoms with Gasteiger partial charge in [0.15, 0.2) is 0 Å². The number of anilines is 1. The van der Waals surface area contributed by atoms with Crippen LogP contribution in [-0.2, 0) is 16.0 Å². The fraction of sp³-hybridized carbons (Fsp3) is 0.391. The quantitative estimate of drug-likeness (QED) is 0.764. The second-order valence-electron chi connectivity index (χ2n) is 8.37. The highest BCUT2D eigenvalue weighted by molar-refractivity contribution is 7.10. The van der Waals surface area contributed by atoms with Crippen molar-refractivity contribution in [3.05, 3.63) is 51.6 Å². The molecule has 2 aromatic heterocycles. The summed E-state index contributed by atoms with van der Waals surface area (Å²) < 4.78 is 0. The number of nitrogens with one attached hydrogen (secondary N) is 1. The van der Waals surface area contributed by atoms with Gasteiger partial charge in [-0.2, -0.15) is 0 Å². The standard InChI is InChI=1S/C23H24N4O2S/c28-20(27-9-4-16(5-10-27)13-19-24-8-11-30-19)3-2-17-12-18-14-23(6-1-7-23)22(29)26-21(18)25-15-17/h2-3,8,11-13,15H,1,4-7,9-10,14H2,(H,25,26,29). The Kier molecular flexibility index (Phi) is 4.98. The first-order valence-electron chi connectivity index (χ1n) is 10.5. The van der Waals surface area contributed by atoms with Gasteiger partial charge in [-0.1, -0.05) is 12.0 Å². The molecule has 6 nitrogen and oxygen atoms in total. The lowest BCUT2D eigenvalue weighted by atomic mass is 9.63. The number of carbonyl (C=O) groups excluding carboxylic acids is 2. The van der Waals surface area contributed by atoms with E-state index in [1.807, 2.05) is 22.6 Å². The first kappa shape index (κ1) is 19.2. The van der Waals surface area contributed by atoms with Crippen molar-refractivity contribution in [2.24, 2.45) is 5.41 Å². The molecule has 1 saturated heterocycles. The first-order chi connectivity index (χ1) is 14.6. The summed E-state index contributed by atoms with van der Waals surface area (Å²) in [5.74, 6) is 0.807. The molecule has 4 heterocycles. The van der Waals surface area contributed by atoms with Crippen molar-refractivity contribution in [1.82, 2.24) is 14.9 Å². The molecule has 1 saturated carbocycles. The van der Waals surface area contributed by atoms with Crippen molar-refractivity contribution in [2.75, 3.05) is 18.4 Å². The van der Waals surface area contributed by atoms with E-state index < -0.39 is 0 Å². The predicted molar refractivity (Wildman–Crippen MR) is 118 cm³/mol. The number of nitrogens with zero attached hydrogens (tertiary/aromatic N) is 3. The van der Waals surface area contributed by atoms with Crippen molar-refractivity contribution < 1.29 is 9.59 Å². The summed E-state index contributed by atoms with van der Waals surface area (Å²) in [5.41, 5.74) is 3.08. The molecule has 7 heteroatoms. The summed E-state index contributed by atoms with van der Waals surface area (Å²) in [6, 6.07) is 2.05. The third-order valence-electron chi connectivity index (χ3n) is 6.46. The van der Waals surface area contributed by atoms with Crippen LogP contribution in [-0.4, -0.2) is 39.8 Å². The summed E-state index contributed by atoms with van der Waals surface area (Å²) in [4.78, 5) is 35.5. The van der Waals surface area contributed by atoms with Crippen LogP contribution < -0.4 is 5.32 Å². The second-order valence-corrected chi connectivity index (χ2v) is 9.30. The van der Waals surface area contributed by atoms with Crippen LogP contribution in [0.15, 0.2) is 35.5 Å². The monoisotopic (exact) mass is 420 g/mol. The number of carbonyl (C=O) groups is 2. The van der Waals surface area contributed by atoms with E-state index in [1.54, 1.807) is 23.6 Å². The highest BCUT2D eigenvalue weighted by atomic mass is 32.1. The molecule has 154 valence electrons. The molecule has 3 aliphatic rings. The van der Waals surface area contributed by atoms with E-state index in [9.17, 15) is 9.59 Å². The van der Waals surface area contributed by atoms with Crippen molar-refractivity contribution in [1.29, 1.82) is 0 Å². The zero-order chi connectivity index (χ0) is 20.6. The summed E-state index contributed by atoms with van der Waals surface area (Å²) in [5, 5.41) is 5.97. The van der Waals surface area contributed by atoms with Gasteiger partial charge in [0, 0.05) is 36.9 Å². The van der Waals surface area contributed by atoms with E-state index in [4.69, 9.17) is 0 Å². The summed E-state index contributed by atoms with van der Waals surface area (Å²) in [7, 11) is 0. The molecule has 0 unspecified atom stereocenters. The van der Waals surface area contributed by atoms with Crippen LogP contribution in [0.4, 0.5) is 5.82 Å². The van der Waals surface area contributed by atoms with E-state index in [1.165, 1.54) is 5.57 Å². The maximum atomic E-state index is 12.6. The van der Waals surface area contributed by atoms with E-state index in [2.05, 4.69) is 27.4 Å². The first-order valence-corrected chi connectivity index (χ1v) is 11.4. The summed E-state index contributed by atoms with van der Waals surface area (Å²) in [6.45, 7) is 1.47. The van der Waals surface area contributed by atoms with Crippen molar-refractivity contribution in [3.63, 3.8) is 0 Å². The summed E-state index contributed by atoms with van der Waals surface area (Å²) in [6.07, 6.45) is 14.7. The zero-order valence-electron chi connectivity index (χ0n) is 16.8. The smallest absolute Gasteiger partial charge is 0.246 e. The SMILES string of the molecule is O=C(C=Cc1cnc2c(c1)CC1(CCC1)C(=O)N2)N1CCC(=Cc2nccs2)CC1. The van der Waals surface area contributed by atoms with Crippen LogP contribution >= 0.6 is 11.3 Å². The Morgan fingerprint density at radius 1 is 1.23 bits per heavy atom. The van der Waals surface area contributed by atoms with E-state index in [0.29, 0.717) is 5.82 Å². The molecule has 0 atom stereocenters. The minimum Gasteiger partial charge on any atom is -0.339 e. The lowest BCUT2D eigenvalue weighted by molar-refractivity contribution is -0.130. The van der Waals surface area contributed by atoms with Gasteiger partial charge in [-0.05, 0) is 61.4 Å². The van der Waals surface area contributed by atoms with Crippen molar-refractivity contribution in [3.8, 4) is 0 Å². The molecule has 30 heavy (non-hydrogen) atoms. The molecule has 5 rings (SSSR count). The number of piperidine rings is 1. The Morgan fingerprint density at radius 2 is 2.07 bits per heavy atom. The topological polar surface area (TPSA) is 75.2 Å². The number of likely N-dealkylation sites (tertiary alicyclic amines) is 1. The maximum absolute atomic E-state index is 12.6. The summed E-state index contributed by atoms with van der Waals surface area (Å²) >= 11 is 1.64. The van der Waals surface area contributed by atoms with Crippen LogP contribution in [0, 0.1) is 5.41 Å². The molecule has 0 aromatic carbocycles.